The number of nitrogens with one attached hydrogen (secondary N) is 2. The van der Waals surface area contributed by atoms with Gasteiger partial charge in [0.2, 0.25) is 5.91 Å². The largest absolute Gasteiger partial charge is 0.352 e. The normalized spacial score (nSPS) is 18.1. The highest BCUT2D eigenvalue weighted by Gasteiger charge is 2.20. The van der Waals surface area contributed by atoms with Gasteiger partial charge in [0.1, 0.15) is 0 Å². The number of piperidine rings is 1. The molecule has 116 valence electrons. The molecule has 1 unspecified atom stereocenters. The fraction of sp³-hybridized carbons (Fsp3) is 0.412. The molecule has 1 atom stereocenters. The molecule has 2 heterocycles. The molecule has 2 N–H and O–H groups in total. The van der Waals surface area contributed by atoms with Crippen molar-refractivity contribution in [2.45, 2.75) is 25.9 Å². The summed E-state index contributed by atoms with van der Waals surface area (Å²) in [5, 5.41) is 10.6. The zero-order valence-electron chi connectivity index (χ0n) is 12.7. The van der Waals surface area contributed by atoms with Gasteiger partial charge >= 0.3 is 0 Å². The maximum absolute atomic E-state index is 12.1. The van der Waals surface area contributed by atoms with E-state index < -0.39 is 0 Å². The molecule has 1 fully saturated rings. The molecule has 1 aromatic heterocycles. The molecule has 1 aromatic carbocycles. The van der Waals surface area contributed by atoms with Crippen molar-refractivity contribution < 1.29 is 4.79 Å². The molecule has 0 bridgehead atoms. The average Bonchev–Trinajstić information content (AvgIpc) is 3.02. The Labute approximate surface area is 130 Å². The number of benzene rings is 1. The van der Waals surface area contributed by atoms with E-state index in [1.54, 1.807) is 0 Å². The van der Waals surface area contributed by atoms with Gasteiger partial charge in [-0.1, -0.05) is 30.3 Å². The lowest BCUT2D eigenvalue weighted by atomic mass is 9.99. The van der Waals surface area contributed by atoms with Crippen molar-refractivity contribution in [2.75, 3.05) is 13.1 Å². The van der Waals surface area contributed by atoms with Crippen molar-refractivity contribution in [1.82, 2.24) is 20.4 Å². The van der Waals surface area contributed by atoms with Crippen LogP contribution in [0.2, 0.25) is 0 Å². The van der Waals surface area contributed by atoms with Crippen molar-refractivity contribution in [3.8, 4) is 0 Å². The predicted molar refractivity (Wildman–Crippen MR) is 85.2 cm³/mol. The second kappa shape index (κ2) is 7.22. The lowest BCUT2D eigenvalue weighted by Gasteiger charge is -2.21. The number of amides is 1. The first-order valence-corrected chi connectivity index (χ1v) is 7.85. The van der Waals surface area contributed by atoms with Crippen LogP contribution in [0.25, 0.3) is 0 Å². The third-order valence-corrected chi connectivity index (χ3v) is 4.01. The van der Waals surface area contributed by atoms with Gasteiger partial charge in [-0.25, -0.2) is 0 Å². The standard InChI is InChI=1S/C17H22N4O/c22-17(16-7-4-8-18-11-16)19-9-15-10-20-21(13-15)12-14-5-2-1-3-6-14/h1-3,5-6,10,13,16,18H,4,7-9,11-12H2,(H,19,22). The van der Waals surface area contributed by atoms with E-state index in [1.807, 2.05) is 35.3 Å². The minimum absolute atomic E-state index is 0.105. The molecule has 0 aliphatic carbocycles. The first kappa shape index (κ1) is 14.8. The zero-order valence-corrected chi connectivity index (χ0v) is 12.7. The second-order valence-electron chi connectivity index (χ2n) is 5.79. The van der Waals surface area contributed by atoms with E-state index in [0.717, 1.165) is 38.0 Å². The van der Waals surface area contributed by atoms with Gasteiger partial charge in [0.25, 0.3) is 0 Å². The van der Waals surface area contributed by atoms with E-state index in [1.165, 1.54) is 5.56 Å². The SMILES string of the molecule is O=C(NCc1cnn(Cc2ccccc2)c1)C1CCCNC1. The van der Waals surface area contributed by atoms with Gasteiger partial charge < -0.3 is 10.6 Å². The van der Waals surface area contributed by atoms with Crippen LogP contribution in [0.5, 0.6) is 0 Å². The third kappa shape index (κ3) is 3.95. The lowest BCUT2D eigenvalue weighted by Crippen LogP contribution is -2.40. The van der Waals surface area contributed by atoms with Gasteiger partial charge in [-0.3, -0.25) is 9.48 Å². The summed E-state index contributed by atoms with van der Waals surface area (Å²) in [4.78, 5) is 12.1. The molecule has 5 heteroatoms. The molecule has 1 aliphatic heterocycles. The Hall–Kier alpha value is -2.14. The molecule has 22 heavy (non-hydrogen) atoms. The number of carbonyl (C=O) groups excluding carboxylic acids is 1. The summed E-state index contributed by atoms with van der Waals surface area (Å²) in [6.07, 6.45) is 5.87. The Balaban J connectivity index is 1.50. The summed E-state index contributed by atoms with van der Waals surface area (Å²) in [6, 6.07) is 10.2. The average molecular weight is 298 g/mol. The van der Waals surface area contributed by atoms with Crippen LogP contribution in [0.15, 0.2) is 42.7 Å². The van der Waals surface area contributed by atoms with E-state index >= 15 is 0 Å². The number of nitrogens with zero attached hydrogens (tertiary/aromatic N) is 2. The Bertz CT molecular complexity index is 602. The number of rotatable bonds is 5. The summed E-state index contributed by atoms with van der Waals surface area (Å²) in [5.41, 5.74) is 2.25. The first-order chi connectivity index (χ1) is 10.8. The molecule has 0 radical (unpaired) electrons. The molecule has 1 aliphatic rings. The topological polar surface area (TPSA) is 59.0 Å². The number of carbonyl (C=O) groups is 1. The van der Waals surface area contributed by atoms with Gasteiger partial charge in [0.15, 0.2) is 0 Å². The fourth-order valence-electron chi connectivity index (χ4n) is 2.76. The molecule has 1 saturated heterocycles. The van der Waals surface area contributed by atoms with Crippen LogP contribution < -0.4 is 10.6 Å². The van der Waals surface area contributed by atoms with Gasteiger partial charge in [-0.15, -0.1) is 0 Å². The number of hydrogen-bond donors (Lipinski definition) is 2. The lowest BCUT2D eigenvalue weighted by molar-refractivity contribution is -0.125. The van der Waals surface area contributed by atoms with E-state index in [4.69, 9.17) is 0 Å². The fourth-order valence-corrected chi connectivity index (χ4v) is 2.76. The molecule has 5 nitrogen and oxygen atoms in total. The van der Waals surface area contributed by atoms with E-state index in [9.17, 15) is 4.79 Å². The van der Waals surface area contributed by atoms with Crippen LogP contribution in [0.4, 0.5) is 0 Å². The van der Waals surface area contributed by atoms with Crippen LogP contribution in [0.1, 0.15) is 24.0 Å². The molecule has 0 saturated carbocycles. The Morgan fingerprint density at radius 1 is 1.32 bits per heavy atom. The highest BCUT2D eigenvalue weighted by atomic mass is 16.1. The highest BCUT2D eigenvalue weighted by Crippen LogP contribution is 2.10. The van der Waals surface area contributed by atoms with Crippen LogP contribution in [0.3, 0.4) is 0 Å². The van der Waals surface area contributed by atoms with Crippen LogP contribution in [0, 0.1) is 5.92 Å². The minimum atomic E-state index is 0.105. The number of aromatic nitrogens is 2. The smallest absolute Gasteiger partial charge is 0.224 e. The molecule has 1 amide bonds. The van der Waals surface area contributed by atoms with Crippen LogP contribution in [-0.4, -0.2) is 28.8 Å². The summed E-state index contributed by atoms with van der Waals surface area (Å²) < 4.78 is 1.90. The quantitative estimate of drug-likeness (QED) is 0.880. The van der Waals surface area contributed by atoms with Crippen molar-refractivity contribution in [3.05, 3.63) is 53.9 Å². The minimum Gasteiger partial charge on any atom is -0.352 e. The summed E-state index contributed by atoms with van der Waals surface area (Å²) in [5.74, 6) is 0.246. The van der Waals surface area contributed by atoms with Gasteiger partial charge in [-0.05, 0) is 24.9 Å². The summed E-state index contributed by atoms with van der Waals surface area (Å²) in [7, 11) is 0. The third-order valence-electron chi connectivity index (χ3n) is 4.01. The molecular formula is C17H22N4O. The van der Waals surface area contributed by atoms with E-state index in [-0.39, 0.29) is 11.8 Å². The van der Waals surface area contributed by atoms with Crippen molar-refractivity contribution in [3.63, 3.8) is 0 Å². The molecule has 3 rings (SSSR count). The van der Waals surface area contributed by atoms with Gasteiger partial charge in [0.05, 0.1) is 18.7 Å². The Kier molecular flexibility index (Phi) is 4.85. The van der Waals surface area contributed by atoms with Crippen LogP contribution >= 0.6 is 0 Å². The van der Waals surface area contributed by atoms with E-state index in [0.29, 0.717) is 6.54 Å². The maximum Gasteiger partial charge on any atom is 0.224 e. The van der Waals surface area contributed by atoms with Gasteiger partial charge in [-0.2, -0.15) is 5.10 Å². The molecule has 0 spiro atoms. The van der Waals surface area contributed by atoms with Crippen molar-refractivity contribution >= 4 is 5.91 Å². The predicted octanol–water partition coefficient (Wildman–Crippen LogP) is 1.55. The van der Waals surface area contributed by atoms with Crippen LogP contribution in [-0.2, 0) is 17.9 Å². The number of hydrogen-bond acceptors (Lipinski definition) is 3. The van der Waals surface area contributed by atoms with Gasteiger partial charge in [0, 0.05) is 24.8 Å². The van der Waals surface area contributed by atoms with Crippen molar-refractivity contribution in [1.29, 1.82) is 0 Å². The zero-order chi connectivity index (χ0) is 15.2. The monoisotopic (exact) mass is 298 g/mol. The second-order valence-corrected chi connectivity index (χ2v) is 5.79. The Morgan fingerprint density at radius 3 is 2.95 bits per heavy atom. The highest BCUT2D eigenvalue weighted by molar-refractivity contribution is 5.78. The molecule has 2 aromatic rings. The molecular weight excluding hydrogens is 276 g/mol. The Morgan fingerprint density at radius 2 is 2.18 bits per heavy atom. The maximum atomic E-state index is 12.1. The summed E-state index contributed by atoms with van der Waals surface area (Å²) >= 11 is 0. The first-order valence-electron chi connectivity index (χ1n) is 7.85. The summed E-state index contributed by atoms with van der Waals surface area (Å²) in [6.45, 7) is 3.11. The van der Waals surface area contributed by atoms with E-state index in [2.05, 4.69) is 27.9 Å². The van der Waals surface area contributed by atoms with Crippen molar-refractivity contribution in [2.24, 2.45) is 5.92 Å².